The van der Waals surface area contributed by atoms with Crippen molar-refractivity contribution in [3.8, 4) is 22.4 Å². The summed E-state index contributed by atoms with van der Waals surface area (Å²) in [6.07, 6.45) is 6.16. The van der Waals surface area contributed by atoms with E-state index in [2.05, 4.69) is 67.9 Å². The first-order valence-corrected chi connectivity index (χ1v) is 8.69. The number of nitrogens with one attached hydrogen (secondary N) is 3. The minimum Gasteiger partial charge on any atom is -0.341 e. The second-order valence-electron chi connectivity index (χ2n) is 6.58. The van der Waals surface area contributed by atoms with E-state index in [0.29, 0.717) is 6.04 Å². The maximum absolute atomic E-state index is 4.55. The van der Waals surface area contributed by atoms with Crippen LogP contribution in [0.1, 0.15) is 24.7 Å². The van der Waals surface area contributed by atoms with Crippen molar-refractivity contribution >= 4 is 10.9 Å². The highest BCUT2D eigenvalue weighted by molar-refractivity contribution is 5.84. The largest absolute Gasteiger partial charge is 0.341 e. The van der Waals surface area contributed by atoms with E-state index >= 15 is 0 Å². The van der Waals surface area contributed by atoms with E-state index in [1.807, 2.05) is 12.4 Å². The Morgan fingerprint density at radius 3 is 2.60 bits per heavy atom. The number of aromatic nitrogens is 4. The van der Waals surface area contributed by atoms with Crippen LogP contribution in [0.2, 0.25) is 0 Å². The molecule has 5 heteroatoms. The van der Waals surface area contributed by atoms with E-state index in [4.69, 9.17) is 0 Å². The van der Waals surface area contributed by atoms with Crippen LogP contribution in [0.15, 0.2) is 54.9 Å². The topological polar surface area (TPSA) is 69.4 Å². The molecule has 0 aliphatic carbocycles. The summed E-state index contributed by atoms with van der Waals surface area (Å²) in [6, 6.07) is 15.3. The monoisotopic (exact) mass is 329 g/mol. The minimum atomic E-state index is 0.370. The molecule has 0 saturated carbocycles. The number of H-pyrrole nitrogens is 2. The summed E-state index contributed by atoms with van der Waals surface area (Å²) in [5.41, 5.74) is 5.68. The van der Waals surface area contributed by atoms with E-state index in [1.165, 1.54) is 17.5 Å². The molecular weight excluding hydrogens is 310 g/mol. The maximum Gasteiger partial charge on any atom is 0.123 e. The molecule has 0 amide bonds. The molecule has 2 aromatic carbocycles. The molecule has 2 aromatic heterocycles. The van der Waals surface area contributed by atoms with Crippen LogP contribution < -0.4 is 5.32 Å². The van der Waals surface area contributed by atoms with Crippen LogP contribution in [0.3, 0.4) is 0 Å². The summed E-state index contributed by atoms with van der Waals surface area (Å²) < 4.78 is 0. The van der Waals surface area contributed by atoms with E-state index in [0.717, 1.165) is 41.0 Å². The third-order valence-electron chi connectivity index (χ3n) is 4.96. The molecule has 5 nitrogen and oxygen atoms in total. The number of hydrogen-bond acceptors (Lipinski definition) is 3. The number of imidazole rings is 1. The van der Waals surface area contributed by atoms with Crippen LogP contribution in [0.25, 0.3) is 33.3 Å². The first-order valence-electron chi connectivity index (χ1n) is 8.69. The van der Waals surface area contributed by atoms with Crippen LogP contribution in [0, 0.1) is 0 Å². The van der Waals surface area contributed by atoms with Gasteiger partial charge in [-0.25, -0.2) is 4.98 Å². The number of nitrogens with zero attached hydrogens (tertiary/aromatic N) is 2. The molecular formula is C20H19N5. The molecule has 1 atom stereocenters. The number of fused-ring (bicyclic) bond motifs is 1. The second-order valence-corrected chi connectivity index (χ2v) is 6.58. The summed E-state index contributed by atoms with van der Waals surface area (Å²) in [6.45, 7) is 1.08. The lowest BCUT2D eigenvalue weighted by Gasteiger charge is -2.06. The van der Waals surface area contributed by atoms with Gasteiger partial charge in [0.2, 0.25) is 0 Å². The standard InChI is InChI=1S/C20H19N5/c1-2-18(21-9-1)20-22-12-19(24-20)14-5-3-13(4-6-14)15-7-8-17-16(10-15)11-23-25-17/h3-8,10-12,18,21H,1-2,9H2,(H,22,24)(H,23,25)/t18-/m0/s1. The number of benzene rings is 2. The highest BCUT2D eigenvalue weighted by atomic mass is 15.1. The van der Waals surface area contributed by atoms with Crippen molar-refractivity contribution in [3.05, 3.63) is 60.7 Å². The maximum atomic E-state index is 4.55. The molecule has 1 saturated heterocycles. The zero-order valence-electron chi connectivity index (χ0n) is 13.8. The smallest absolute Gasteiger partial charge is 0.123 e. The fourth-order valence-corrected chi connectivity index (χ4v) is 3.54. The normalized spacial score (nSPS) is 17.4. The summed E-state index contributed by atoms with van der Waals surface area (Å²) in [5.74, 6) is 1.04. The predicted octanol–water partition coefficient (Wildman–Crippen LogP) is 4.04. The zero-order valence-corrected chi connectivity index (χ0v) is 13.8. The van der Waals surface area contributed by atoms with Crippen molar-refractivity contribution in [1.29, 1.82) is 0 Å². The van der Waals surface area contributed by atoms with Gasteiger partial charge in [-0.1, -0.05) is 30.3 Å². The Balaban J connectivity index is 1.42. The molecule has 0 bridgehead atoms. The fraction of sp³-hybridized carbons (Fsp3) is 0.200. The zero-order chi connectivity index (χ0) is 16.6. The molecule has 1 aliphatic rings. The Morgan fingerprint density at radius 1 is 0.920 bits per heavy atom. The second kappa shape index (κ2) is 5.86. The highest BCUT2D eigenvalue weighted by Gasteiger charge is 2.19. The van der Waals surface area contributed by atoms with Crippen LogP contribution in [-0.4, -0.2) is 26.7 Å². The van der Waals surface area contributed by atoms with Gasteiger partial charge >= 0.3 is 0 Å². The Bertz CT molecular complexity index is 1010. The van der Waals surface area contributed by atoms with E-state index in [1.54, 1.807) is 0 Å². The number of hydrogen-bond donors (Lipinski definition) is 3. The van der Waals surface area contributed by atoms with Gasteiger partial charge in [0.1, 0.15) is 5.82 Å². The molecule has 1 fully saturated rings. The van der Waals surface area contributed by atoms with Crippen molar-refractivity contribution in [2.45, 2.75) is 18.9 Å². The van der Waals surface area contributed by atoms with Crippen molar-refractivity contribution in [1.82, 2.24) is 25.5 Å². The Kier molecular flexibility index (Phi) is 3.38. The Hall–Kier alpha value is -2.92. The van der Waals surface area contributed by atoms with Gasteiger partial charge in [-0.05, 0) is 48.2 Å². The Morgan fingerprint density at radius 2 is 1.76 bits per heavy atom. The number of rotatable bonds is 3. The van der Waals surface area contributed by atoms with Gasteiger partial charge in [0, 0.05) is 5.39 Å². The highest BCUT2D eigenvalue weighted by Crippen LogP contribution is 2.27. The molecule has 3 N–H and O–H groups in total. The van der Waals surface area contributed by atoms with Gasteiger partial charge in [-0.3, -0.25) is 5.10 Å². The van der Waals surface area contributed by atoms with Gasteiger partial charge in [-0.15, -0.1) is 0 Å². The first kappa shape index (κ1) is 14.4. The van der Waals surface area contributed by atoms with Crippen LogP contribution in [0.4, 0.5) is 0 Å². The van der Waals surface area contributed by atoms with Crippen molar-refractivity contribution in [2.75, 3.05) is 6.54 Å². The van der Waals surface area contributed by atoms with Crippen molar-refractivity contribution < 1.29 is 0 Å². The molecule has 0 unspecified atom stereocenters. The van der Waals surface area contributed by atoms with E-state index in [-0.39, 0.29) is 0 Å². The van der Waals surface area contributed by atoms with Gasteiger partial charge < -0.3 is 10.3 Å². The SMILES string of the molecule is c1cc(-c2cnc([C@@H]3CCCN3)[nH]2)ccc1-c1ccc2[nH]ncc2c1. The van der Waals surface area contributed by atoms with E-state index in [9.17, 15) is 0 Å². The minimum absolute atomic E-state index is 0.370. The summed E-state index contributed by atoms with van der Waals surface area (Å²) in [4.78, 5) is 8.02. The molecule has 0 spiro atoms. The fourth-order valence-electron chi connectivity index (χ4n) is 3.54. The van der Waals surface area contributed by atoms with E-state index < -0.39 is 0 Å². The number of aromatic amines is 2. The van der Waals surface area contributed by atoms with Gasteiger partial charge in [-0.2, -0.15) is 5.10 Å². The van der Waals surface area contributed by atoms with Crippen molar-refractivity contribution in [3.63, 3.8) is 0 Å². The first-order chi connectivity index (χ1) is 12.4. The summed E-state index contributed by atoms with van der Waals surface area (Å²) >= 11 is 0. The molecule has 3 heterocycles. The van der Waals surface area contributed by atoms with Crippen molar-refractivity contribution in [2.24, 2.45) is 0 Å². The molecule has 0 radical (unpaired) electrons. The average Bonchev–Trinajstić information content (AvgIpc) is 3.41. The molecule has 1 aliphatic heterocycles. The lowest BCUT2D eigenvalue weighted by Crippen LogP contribution is -2.14. The molecule has 5 rings (SSSR count). The quantitative estimate of drug-likeness (QED) is 0.531. The third kappa shape index (κ3) is 2.62. The molecule has 124 valence electrons. The van der Waals surface area contributed by atoms with Gasteiger partial charge in [0.15, 0.2) is 0 Å². The van der Waals surface area contributed by atoms with Crippen LogP contribution in [0.5, 0.6) is 0 Å². The molecule has 25 heavy (non-hydrogen) atoms. The lowest BCUT2D eigenvalue weighted by atomic mass is 10.0. The molecule has 4 aromatic rings. The average molecular weight is 329 g/mol. The summed E-state index contributed by atoms with van der Waals surface area (Å²) in [5, 5.41) is 11.7. The summed E-state index contributed by atoms with van der Waals surface area (Å²) in [7, 11) is 0. The van der Waals surface area contributed by atoms with Crippen LogP contribution >= 0.6 is 0 Å². The third-order valence-corrected chi connectivity index (χ3v) is 4.96. The Labute approximate surface area is 145 Å². The predicted molar refractivity (Wildman–Crippen MR) is 99.1 cm³/mol. The van der Waals surface area contributed by atoms with Gasteiger partial charge in [0.05, 0.1) is 29.6 Å². The van der Waals surface area contributed by atoms with Crippen LogP contribution in [-0.2, 0) is 0 Å². The van der Waals surface area contributed by atoms with Gasteiger partial charge in [0.25, 0.3) is 0 Å². The lowest BCUT2D eigenvalue weighted by molar-refractivity contribution is 0.613.